The molecule has 0 fully saturated rings. The van der Waals surface area contributed by atoms with Crippen molar-refractivity contribution in [1.29, 1.82) is 0 Å². The molecule has 4 heteroatoms. The van der Waals surface area contributed by atoms with Crippen molar-refractivity contribution in [2.75, 3.05) is 7.11 Å². The summed E-state index contributed by atoms with van der Waals surface area (Å²) < 4.78 is 18.5. The summed E-state index contributed by atoms with van der Waals surface area (Å²) in [5.41, 5.74) is 0.813. The molecular formula is C15H12ClFO2. The molecule has 2 aromatic carbocycles. The minimum absolute atomic E-state index is 0.0152. The number of carbonyl (C=O) groups excluding carboxylic acids is 1. The van der Waals surface area contributed by atoms with Gasteiger partial charge in [-0.05, 0) is 48.0 Å². The molecule has 0 atom stereocenters. The number of benzene rings is 2. The number of carbonyl (C=O) groups is 1. The number of hydrogen-bond donors (Lipinski definition) is 0. The van der Waals surface area contributed by atoms with Gasteiger partial charge in [-0.3, -0.25) is 4.79 Å². The van der Waals surface area contributed by atoms with Crippen molar-refractivity contribution in [2.24, 2.45) is 0 Å². The van der Waals surface area contributed by atoms with Gasteiger partial charge < -0.3 is 4.74 Å². The van der Waals surface area contributed by atoms with Crippen molar-refractivity contribution in [2.45, 2.75) is 6.42 Å². The lowest BCUT2D eigenvalue weighted by Crippen LogP contribution is -2.05. The number of ketones is 1. The zero-order chi connectivity index (χ0) is 13.8. The van der Waals surface area contributed by atoms with E-state index in [-0.39, 0.29) is 12.2 Å². The van der Waals surface area contributed by atoms with E-state index in [1.807, 2.05) is 0 Å². The highest BCUT2D eigenvalue weighted by Crippen LogP contribution is 2.18. The maximum Gasteiger partial charge on any atom is 0.167 e. The molecule has 2 nitrogen and oxygen atoms in total. The van der Waals surface area contributed by atoms with Crippen LogP contribution in [0, 0.1) is 5.82 Å². The third kappa shape index (κ3) is 3.32. The molecule has 0 radical (unpaired) electrons. The summed E-state index contributed by atoms with van der Waals surface area (Å²) in [7, 11) is 1.55. The molecule has 2 rings (SSSR count). The SMILES string of the molecule is COc1ccc(C(=O)Cc2cc(Cl)ccc2F)cc1. The summed E-state index contributed by atoms with van der Waals surface area (Å²) in [4.78, 5) is 12.0. The van der Waals surface area contributed by atoms with Crippen LogP contribution in [0.2, 0.25) is 5.02 Å². The Bertz CT molecular complexity index is 594. The Balaban J connectivity index is 2.18. The third-order valence-electron chi connectivity index (χ3n) is 2.77. The molecule has 0 saturated carbocycles. The summed E-state index contributed by atoms with van der Waals surface area (Å²) in [5.74, 6) is 0.0839. The number of halogens is 2. The van der Waals surface area contributed by atoms with Crippen molar-refractivity contribution >= 4 is 17.4 Å². The van der Waals surface area contributed by atoms with Crippen LogP contribution in [-0.4, -0.2) is 12.9 Å². The van der Waals surface area contributed by atoms with E-state index >= 15 is 0 Å². The molecule has 0 unspecified atom stereocenters. The van der Waals surface area contributed by atoms with Crippen molar-refractivity contribution in [3.8, 4) is 5.75 Å². The maximum atomic E-state index is 13.5. The molecule has 0 aliphatic carbocycles. The van der Waals surface area contributed by atoms with E-state index in [4.69, 9.17) is 16.3 Å². The Hall–Kier alpha value is -1.87. The number of rotatable bonds is 4. The number of methoxy groups -OCH3 is 1. The maximum absolute atomic E-state index is 13.5. The van der Waals surface area contributed by atoms with Crippen LogP contribution in [0.1, 0.15) is 15.9 Å². The highest BCUT2D eigenvalue weighted by atomic mass is 35.5. The van der Waals surface area contributed by atoms with Gasteiger partial charge in [0.05, 0.1) is 7.11 Å². The van der Waals surface area contributed by atoms with Gasteiger partial charge in [0.15, 0.2) is 5.78 Å². The van der Waals surface area contributed by atoms with Crippen LogP contribution >= 0.6 is 11.6 Å². The van der Waals surface area contributed by atoms with Gasteiger partial charge in [0.2, 0.25) is 0 Å². The van der Waals surface area contributed by atoms with E-state index in [9.17, 15) is 9.18 Å². The van der Waals surface area contributed by atoms with Gasteiger partial charge in [0.1, 0.15) is 11.6 Å². The Labute approximate surface area is 115 Å². The summed E-state index contributed by atoms with van der Waals surface area (Å²) in [6.07, 6.45) is -0.0152. The topological polar surface area (TPSA) is 26.3 Å². The van der Waals surface area contributed by atoms with Crippen molar-refractivity contribution < 1.29 is 13.9 Å². The van der Waals surface area contributed by atoms with E-state index in [2.05, 4.69) is 0 Å². The van der Waals surface area contributed by atoms with Gasteiger partial charge in [-0.2, -0.15) is 0 Å². The van der Waals surface area contributed by atoms with Gasteiger partial charge in [-0.1, -0.05) is 11.6 Å². The van der Waals surface area contributed by atoms with Gasteiger partial charge in [-0.25, -0.2) is 4.39 Å². The van der Waals surface area contributed by atoms with Crippen LogP contribution in [0.3, 0.4) is 0 Å². The second kappa shape index (κ2) is 5.85. The van der Waals surface area contributed by atoms with E-state index < -0.39 is 5.82 Å². The smallest absolute Gasteiger partial charge is 0.167 e. The first kappa shape index (κ1) is 13.6. The predicted octanol–water partition coefficient (Wildman–Crippen LogP) is 3.91. The Morgan fingerprint density at radius 2 is 1.89 bits per heavy atom. The van der Waals surface area contributed by atoms with Crippen LogP contribution in [0.5, 0.6) is 5.75 Å². The second-order valence-electron chi connectivity index (χ2n) is 4.06. The number of ether oxygens (including phenoxy) is 1. The van der Waals surface area contributed by atoms with E-state index in [1.165, 1.54) is 18.2 Å². The molecule has 19 heavy (non-hydrogen) atoms. The highest BCUT2D eigenvalue weighted by molar-refractivity contribution is 6.30. The fraction of sp³-hybridized carbons (Fsp3) is 0.133. The van der Waals surface area contributed by atoms with Crippen LogP contribution in [0.15, 0.2) is 42.5 Å². The monoisotopic (exact) mass is 278 g/mol. The molecule has 98 valence electrons. The fourth-order valence-corrected chi connectivity index (χ4v) is 1.93. The molecule has 0 spiro atoms. The molecule has 0 saturated heterocycles. The first-order valence-corrected chi connectivity index (χ1v) is 6.09. The lowest BCUT2D eigenvalue weighted by molar-refractivity contribution is 0.0992. The number of hydrogen-bond acceptors (Lipinski definition) is 2. The molecular weight excluding hydrogens is 267 g/mol. The standard InChI is InChI=1S/C15H12ClFO2/c1-19-13-5-2-10(3-6-13)15(18)9-11-8-12(16)4-7-14(11)17/h2-8H,9H2,1H3. The normalized spacial score (nSPS) is 10.3. The van der Waals surface area contributed by atoms with Crippen LogP contribution in [0.25, 0.3) is 0 Å². The Kier molecular flexibility index (Phi) is 4.17. The van der Waals surface area contributed by atoms with Crippen LogP contribution in [0.4, 0.5) is 4.39 Å². The van der Waals surface area contributed by atoms with E-state index in [1.54, 1.807) is 31.4 Å². The van der Waals surface area contributed by atoms with E-state index in [0.717, 1.165) is 0 Å². The molecule has 0 heterocycles. The van der Waals surface area contributed by atoms with Gasteiger partial charge in [-0.15, -0.1) is 0 Å². The molecule has 0 bridgehead atoms. The Morgan fingerprint density at radius 3 is 2.53 bits per heavy atom. The van der Waals surface area contributed by atoms with Crippen molar-refractivity contribution in [3.05, 3.63) is 64.4 Å². The molecule has 0 aromatic heterocycles. The third-order valence-corrected chi connectivity index (χ3v) is 3.01. The molecule has 0 aliphatic rings. The zero-order valence-electron chi connectivity index (χ0n) is 10.3. The van der Waals surface area contributed by atoms with Crippen LogP contribution < -0.4 is 4.74 Å². The van der Waals surface area contributed by atoms with Crippen molar-refractivity contribution in [3.63, 3.8) is 0 Å². The average Bonchev–Trinajstić information content (AvgIpc) is 2.43. The predicted molar refractivity (Wildman–Crippen MR) is 72.4 cm³/mol. The van der Waals surface area contributed by atoms with Crippen molar-refractivity contribution in [1.82, 2.24) is 0 Å². The number of Topliss-reactive ketones (excluding diaryl/α,β-unsaturated/α-hetero) is 1. The molecule has 0 N–H and O–H groups in total. The lowest BCUT2D eigenvalue weighted by atomic mass is 10.0. The first-order valence-electron chi connectivity index (χ1n) is 5.71. The summed E-state index contributed by atoms with van der Waals surface area (Å²) >= 11 is 5.79. The van der Waals surface area contributed by atoms with Gasteiger partial charge >= 0.3 is 0 Å². The zero-order valence-corrected chi connectivity index (χ0v) is 11.1. The van der Waals surface area contributed by atoms with Gasteiger partial charge in [0, 0.05) is 17.0 Å². The quantitative estimate of drug-likeness (QED) is 0.793. The Morgan fingerprint density at radius 1 is 1.21 bits per heavy atom. The molecule has 0 aliphatic heterocycles. The van der Waals surface area contributed by atoms with Crippen LogP contribution in [-0.2, 0) is 6.42 Å². The first-order chi connectivity index (χ1) is 9.10. The molecule has 0 amide bonds. The minimum Gasteiger partial charge on any atom is -0.497 e. The second-order valence-corrected chi connectivity index (χ2v) is 4.50. The summed E-state index contributed by atoms with van der Waals surface area (Å²) in [6, 6.07) is 10.9. The van der Waals surface area contributed by atoms with E-state index in [0.29, 0.717) is 21.9 Å². The minimum atomic E-state index is -0.425. The largest absolute Gasteiger partial charge is 0.497 e. The fourth-order valence-electron chi connectivity index (χ4n) is 1.73. The lowest BCUT2D eigenvalue weighted by Gasteiger charge is -2.05. The van der Waals surface area contributed by atoms with Gasteiger partial charge in [0.25, 0.3) is 0 Å². The average molecular weight is 279 g/mol. The molecule has 2 aromatic rings. The summed E-state index contributed by atoms with van der Waals surface area (Å²) in [6.45, 7) is 0. The highest BCUT2D eigenvalue weighted by Gasteiger charge is 2.11. The summed E-state index contributed by atoms with van der Waals surface area (Å²) in [5, 5.41) is 0.416.